The summed E-state index contributed by atoms with van der Waals surface area (Å²) in [6, 6.07) is 17.7. The van der Waals surface area contributed by atoms with Gasteiger partial charge in [0.25, 0.3) is 5.91 Å². The van der Waals surface area contributed by atoms with Gasteiger partial charge in [0.05, 0.1) is 5.69 Å². The van der Waals surface area contributed by atoms with Gasteiger partial charge in [-0.1, -0.05) is 48.0 Å². The third kappa shape index (κ3) is 2.70. The summed E-state index contributed by atoms with van der Waals surface area (Å²) in [6.07, 6.45) is 1.91. The molecule has 5 heteroatoms. The number of nitrogens with zero attached hydrogens (tertiary/aromatic N) is 2. The Morgan fingerprint density at radius 3 is 2.58 bits per heavy atom. The molecule has 0 saturated heterocycles. The molecule has 118 valence electrons. The first kappa shape index (κ1) is 14.7. The fourth-order valence-electron chi connectivity index (χ4n) is 2.53. The van der Waals surface area contributed by atoms with E-state index in [2.05, 4.69) is 29.4 Å². The second-order valence-electron chi connectivity index (χ2n) is 5.59. The number of nitrogens with one attached hydrogen (secondary N) is 1. The van der Waals surface area contributed by atoms with E-state index in [1.165, 1.54) is 16.9 Å². The van der Waals surface area contributed by atoms with Crippen molar-refractivity contribution in [3.05, 3.63) is 77.4 Å². The summed E-state index contributed by atoms with van der Waals surface area (Å²) < 4.78 is 1.85. The van der Waals surface area contributed by atoms with Crippen LogP contribution in [0.3, 0.4) is 0 Å². The van der Waals surface area contributed by atoms with Crippen LogP contribution >= 0.6 is 11.3 Å². The van der Waals surface area contributed by atoms with Gasteiger partial charge >= 0.3 is 0 Å². The molecule has 2 aromatic carbocycles. The molecule has 4 nitrogen and oxygen atoms in total. The van der Waals surface area contributed by atoms with Crippen LogP contribution in [-0.2, 0) is 0 Å². The monoisotopic (exact) mass is 333 g/mol. The Bertz CT molecular complexity index is 1000. The third-order valence-electron chi connectivity index (χ3n) is 3.82. The molecule has 0 aliphatic carbocycles. The molecule has 0 aliphatic heterocycles. The predicted molar refractivity (Wildman–Crippen MR) is 97.6 cm³/mol. The Morgan fingerprint density at radius 2 is 1.83 bits per heavy atom. The molecule has 4 rings (SSSR count). The number of aryl methyl sites for hydroxylation is 1. The summed E-state index contributed by atoms with van der Waals surface area (Å²) in [5, 5.41) is 4.74. The zero-order valence-corrected chi connectivity index (χ0v) is 13.9. The lowest BCUT2D eigenvalue weighted by atomic mass is 10.1. The Kier molecular flexibility index (Phi) is 3.63. The van der Waals surface area contributed by atoms with Crippen LogP contribution in [0, 0.1) is 6.92 Å². The van der Waals surface area contributed by atoms with E-state index in [4.69, 9.17) is 0 Å². The normalized spacial score (nSPS) is 10.9. The van der Waals surface area contributed by atoms with Crippen molar-refractivity contribution >= 4 is 27.9 Å². The number of hydrogen-bond acceptors (Lipinski definition) is 3. The average Bonchev–Trinajstić information content (AvgIpc) is 3.17. The van der Waals surface area contributed by atoms with Crippen LogP contribution in [-0.4, -0.2) is 15.3 Å². The van der Waals surface area contributed by atoms with E-state index in [1.807, 2.05) is 58.4 Å². The lowest BCUT2D eigenvalue weighted by Gasteiger charge is -2.03. The fourth-order valence-corrected chi connectivity index (χ4v) is 3.38. The van der Waals surface area contributed by atoms with Crippen LogP contribution in [0.2, 0.25) is 0 Å². The van der Waals surface area contributed by atoms with Crippen molar-refractivity contribution in [3.63, 3.8) is 0 Å². The van der Waals surface area contributed by atoms with Gasteiger partial charge in [0.1, 0.15) is 5.69 Å². The SMILES string of the molecule is Cc1ccc(-c2cn3c(C(=O)Nc4ccccc4)csc3n2)cc1. The van der Waals surface area contributed by atoms with Crippen LogP contribution in [0.1, 0.15) is 16.1 Å². The molecule has 0 radical (unpaired) electrons. The molecule has 2 heterocycles. The highest BCUT2D eigenvalue weighted by molar-refractivity contribution is 7.15. The molecule has 1 amide bonds. The lowest BCUT2D eigenvalue weighted by Crippen LogP contribution is -2.13. The number of carbonyl (C=O) groups excluding carboxylic acids is 1. The van der Waals surface area contributed by atoms with Crippen LogP contribution < -0.4 is 5.32 Å². The molecule has 0 aliphatic rings. The number of anilines is 1. The molecule has 0 atom stereocenters. The Balaban J connectivity index is 1.67. The topological polar surface area (TPSA) is 46.4 Å². The Hall–Kier alpha value is -2.92. The smallest absolute Gasteiger partial charge is 0.273 e. The van der Waals surface area contributed by atoms with Crippen molar-refractivity contribution < 1.29 is 4.79 Å². The van der Waals surface area contributed by atoms with E-state index in [1.54, 1.807) is 0 Å². The van der Waals surface area contributed by atoms with E-state index in [0.29, 0.717) is 5.69 Å². The summed E-state index contributed by atoms with van der Waals surface area (Å²) in [4.78, 5) is 18.0. The van der Waals surface area contributed by atoms with E-state index in [0.717, 1.165) is 21.9 Å². The minimum absolute atomic E-state index is 0.139. The lowest BCUT2D eigenvalue weighted by molar-refractivity contribution is 0.102. The third-order valence-corrected chi connectivity index (χ3v) is 4.66. The van der Waals surface area contributed by atoms with Crippen LogP contribution in [0.25, 0.3) is 16.2 Å². The zero-order valence-electron chi connectivity index (χ0n) is 13.1. The highest BCUT2D eigenvalue weighted by Crippen LogP contribution is 2.24. The first-order chi connectivity index (χ1) is 11.7. The number of imidazole rings is 1. The predicted octanol–water partition coefficient (Wildman–Crippen LogP) is 4.62. The number of carbonyl (C=O) groups is 1. The number of thiazole rings is 1. The van der Waals surface area contributed by atoms with Gasteiger partial charge in [-0.05, 0) is 19.1 Å². The Labute approximate surface area is 143 Å². The number of hydrogen-bond donors (Lipinski definition) is 1. The van der Waals surface area contributed by atoms with Gasteiger partial charge in [0, 0.05) is 22.8 Å². The summed E-state index contributed by atoms with van der Waals surface area (Å²) in [5.74, 6) is -0.139. The van der Waals surface area contributed by atoms with Crippen molar-refractivity contribution in [2.24, 2.45) is 0 Å². The molecule has 4 aromatic rings. The molecule has 24 heavy (non-hydrogen) atoms. The molecule has 0 unspecified atom stereocenters. The van der Waals surface area contributed by atoms with Gasteiger partial charge in [-0.3, -0.25) is 9.20 Å². The van der Waals surface area contributed by atoms with Crippen LogP contribution in [0.5, 0.6) is 0 Å². The standard InChI is InChI=1S/C19H15N3OS/c1-13-7-9-14(10-8-13)16-11-22-17(12-24-19(22)21-16)18(23)20-15-5-3-2-4-6-15/h2-12H,1H3,(H,20,23). The van der Waals surface area contributed by atoms with Gasteiger partial charge in [0.15, 0.2) is 4.96 Å². The number of amides is 1. The van der Waals surface area contributed by atoms with Crippen molar-refractivity contribution in [1.29, 1.82) is 0 Å². The summed E-state index contributed by atoms with van der Waals surface area (Å²) in [6.45, 7) is 2.06. The van der Waals surface area contributed by atoms with E-state index in [-0.39, 0.29) is 5.91 Å². The molecule has 0 fully saturated rings. The summed E-state index contributed by atoms with van der Waals surface area (Å²) in [7, 11) is 0. The van der Waals surface area contributed by atoms with Gasteiger partial charge in [0.2, 0.25) is 0 Å². The van der Waals surface area contributed by atoms with Crippen molar-refractivity contribution in [3.8, 4) is 11.3 Å². The molecule has 0 spiro atoms. The maximum atomic E-state index is 12.5. The van der Waals surface area contributed by atoms with Crippen molar-refractivity contribution in [1.82, 2.24) is 9.38 Å². The molecule has 0 bridgehead atoms. The summed E-state index contributed by atoms with van der Waals surface area (Å²) >= 11 is 1.46. The Morgan fingerprint density at radius 1 is 1.08 bits per heavy atom. The van der Waals surface area contributed by atoms with Crippen molar-refractivity contribution in [2.75, 3.05) is 5.32 Å². The van der Waals surface area contributed by atoms with Crippen LogP contribution in [0.4, 0.5) is 5.69 Å². The fraction of sp³-hybridized carbons (Fsp3) is 0.0526. The number of para-hydroxylation sites is 1. The second kappa shape index (κ2) is 5.94. The molecule has 1 N–H and O–H groups in total. The quantitative estimate of drug-likeness (QED) is 0.594. The second-order valence-corrected chi connectivity index (χ2v) is 6.42. The number of aromatic nitrogens is 2. The largest absolute Gasteiger partial charge is 0.321 e. The molecule has 0 saturated carbocycles. The van der Waals surface area contributed by atoms with E-state index in [9.17, 15) is 4.79 Å². The maximum Gasteiger partial charge on any atom is 0.273 e. The van der Waals surface area contributed by atoms with Gasteiger partial charge in [-0.25, -0.2) is 4.98 Å². The van der Waals surface area contributed by atoms with E-state index >= 15 is 0 Å². The van der Waals surface area contributed by atoms with Gasteiger partial charge in [-0.2, -0.15) is 0 Å². The minimum atomic E-state index is -0.139. The maximum absolute atomic E-state index is 12.5. The molecule has 2 aromatic heterocycles. The highest BCUT2D eigenvalue weighted by Gasteiger charge is 2.15. The number of benzene rings is 2. The molecular formula is C19H15N3OS. The van der Waals surface area contributed by atoms with Crippen molar-refractivity contribution in [2.45, 2.75) is 6.92 Å². The average molecular weight is 333 g/mol. The number of rotatable bonds is 3. The number of fused-ring (bicyclic) bond motifs is 1. The first-order valence-corrected chi connectivity index (χ1v) is 8.49. The van der Waals surface area contributed by atoms with Gasteiger partial charge < -0.3 is 5.32 Å². The minimum Gasteiger partial charge on any atom is -0.321 e. The summed E-state index contributed by atoms with van der Waals surface area (Å²) in [5.41, 5.74) is 4.50. The first-order valence-electron chi connectivity index (χ1n) is 7.61. The highest BCUT2D eigenvalue weighted by atomic mass is 32.1. The zero-order chi connectivity index (χ0) is 16.5. The van der Waals surface area contributed by atoms with E-state index < -0.39 is 0 Å². The van der Waals surface area contributed by atoms with Gasteiger partial charge in [-0.15, -0.1) is 11.3 Å². The molecular weight excluding hydrogens is 318 g/mol. The van der Waals surface area contributed by atoms with Crippen LogP contribution in [0.15, 0.2) is 66.2 Å².